The van der Waals surface area contributed by atoms with Crippen LogP contribution in [-0.4, -0.2) is 281 Å². The number of rotatable bonds is 16. The highest BCUT2D eigenvalue weighted by Crippen LogP contribution is 2.79. The van der Waals surface area contributed by atoms with Crippen LogP contribution < -0.4 is 0 Å². The SMILES string of the molecule is CCN1CCCC12CCC1(CCC3(CCC4(CCC5(CCC6(CCC7(CCC8(CC9(CC%10(CC%11(CC%12(CC%13(CC%14(CC%15(CCN%15CC)N%14CC)N%13CC)N%12CC)N%11CC)N%10CC)N9CC)N8CC)N7CC)N6CC)N5CC)N4CC)N3CC)N1CC)N2CC. The first-order valence-corrected chi connectivity index (χ1v) is 39.3. The fourth-order valence-electron chi connectivity index (χ4n) is 31.8. The van der Waals surface area contributed by atoms with E-state index >= 15 is 0 Å². The minimum Gasteiger partial charge on any atom is -0.286 e. The molecular formula is C73H132N16. The van der Waals surface area contributed by atoms with Gasteiger partial charge < -0.3 is 0 Å². The molecule has 0 aromatic heterocycles. The lowest BCUT2D eigenvalue weighted by atomic mass is 9.50. The average molecular weight is 1230 g/mol. The van der Waals surface area contributed by atoms with Gasteiger partial charge in [-0.1, -0.05) is 111 Å². The Kier molecular flexibility index (Phi) is 14.4. The van der Waals surface area contributed by atoms with Crippen LogP contribution in [0.25, 0.3) is 0 Å². The van der Waals surface area contributed by atoms with Gasteiger partial charge in [-0.3, -0.25) is 78.4 Å². The van der Waals surface area contributed by atoms with E-state index < -0.39 is 0 Å². The standard InChI is InChI=1S/C73H132N16/c1-17-74-50-33-34-59(74)35-36-60(76(59)19-3)37-38-61(77(60)20-4)39-40-62(78(61)21-5)41-42-63(79(62)22-6)43-44-64(80(63)23-7)45-46-65(81(64)24-8)47-48-67(82(65)25-9)53-69(84(67)27-11)55-71(86(69)29-13)57-73(88(71)31-15)58-72(89(73)32-16)56-70(87(72)30-14)54-68(85(70)28-12)52-66(83(68)26-10)49-51-75(66)18-2/h17-58H2,1-16H3. The quantitative estimate of drug-likeness (QED) is 0.147. The van der Waals surface area contributed by atoms with Crippen molar-refractivity contribution in [3.8, 4) is 0 Å². The second kappa shape index (κ2) is 20.3. The van der Waals surface area contributed by atoms with Crippen LogP contribution in [0, 0.1) is 0 Å². The monoisotopic (exact) mass is 1230 g/mol. The highest BCUT2D eigenvalue weighted by Gasteiger charge is 2.91. The smallest absolute Gasteiger partial charge is 0.0828 e. The molecule has 0 aromatic carbocycles. The van der Waals surface area contributed by atoms with E-state index in [-0.39, 0.29) is 79.3 Å². The lowest BCUT2D eigenvalue weighted by Crippen LogP contribution is -3.07. The van der Waals surface area contributed by atoms with E-state index in [1.165, 1.54) is 193 Å². The number of hydrogen-bond donors (Lipinski definition) is 0. The molecule has 16 heteroatoms. The summed E-state index contributed by atoms with van der Waals surface area (Å²) in [6.07, 6.45) is 31.9. The Morgan fingerprint density at radius 3 is 0.584 bits per heavy atom. The minimum absolute atomic E-state index is 0.0975. The molecule has 0 radical (unpaired) electrons. The van der Waals surface area contributed by atoms with Crippen molar-refractivity contribution < 1.29 is 0 Å². The molecule has 0 bridgehead atoms. The maximum atomic E-state index is 3.24. The van der Waals surface area contributed by atoms with Crippen LogP contribution in [-0.2, 0) is 0 Å². The largest absolute Gasteiger partial charge is 0.286 e. The van der Waals surface area contributed by atoms with Gasteiger partial charge in [0.15, 0.2) is 0 Å². The molecule has 0 aromatic rings. The van der Waals surface area contributed by atoms with E-state index in [4.69, 9.17) is 0 Å². The van der Waals surface area contributed by atoms with Crippen molar-refractivity contribution in [2.24, 2.45) is 0 Å². The maximum absolute atomic E-state index is 3.24. The van der Waals surface area contributed by atoms with E-state index in [0.717, 1.165) is 78.5 Å². The first kappa shape index (κ1) is 63.1. The summed E-state index contributed by atoms with van der Waals surface area (Å²) in [5, 5.41) is 0. The lowest BCUT2D eigenvalue weighted by Gasteiger charge is -2.94. The molecule has 15 atom stereocenters. The Balaban J connectivity index is 0.636. The van der Waals surface area contributed by atoms with E-state index in [9.17, 15) is 0 Å². The summed E-state index contributed by atoms with van der Waals surface area (Å²) in [7, 11) is 0. The molecule has 16 fully saturated rings. The third kappa shape index (κ3) is 6.40. The van der Waals surface area contributed by atoms with Gasteiger partial charge in [-0.05, 0) is 220 Å². The van der Waals surface area contributed by atoms with Gasteiger partial charge in [-0.2, -0.15) is 0 Å². The molecule has 16 aliphatic rings. The van der Waals surface area contributed by atoms with Crippen LogP contribution in [0.4, 0.5) is 0 Å². The van der Waals surface area contributed by atoms with Crippen LogP contribution in [0.5, 0.6) is 0 Å². The van der Waals surface area contributed by atoms with Gasteiger partial charge in [0.05, 0.1) is 84.9 Å². The second-order valence-electron chi connectivity index (χ2n) is 32.9. The third-order valence-electron chi connectivity index (χ3n) is 32.7. The normalized spacial score (nSPS) is 51.8. The third-order valence-corrected chi connectivity index (χ3v) is 32.7. The molecule has 16 rings (SSSR count). The van der Waals surface area contributed by atoms with E-state index in [1.54, 1.807) is 0 Å². The van der Waals surface area contributed by atoms with Gasteiger partial charge in [0.1, 0.15) is 0 Å². The summed E-state index contributed by atoms with van der Waals surface area (Å²) >= 11 is 0. The Morgan fingerprint density at radius 2 is 0.337 bits per heavy atom. The molecule has 15 spiro atoms. The summed E-state index contributed by atoms with van der Waals surface area (Å²) in [6, 6.07) is 0. The molecule has 504 valence electrons. The summed E-state index contributed by atoms with van der Waals surface area (Å²) in [4.78, 5) is 49.7. The van der Waals surface area contributed by atoms with Crippen LogP contribution in [0.1, 0.15) is 265 Å². The maximum Gasteiger partial charge on any atom is 0.0828 e. The van der Waals surface area contributed by atoms with E-state index in [0.29, 0.717) is 5.66 Å². The van der Waals surface area contributed by atoms with Crippen LogP contribution in [0.3, 0.4) is 0 Å². The van der Waals surface area contributed by atoms with Crippen molar-refractivity contribution in [3.63, 3.8) is 0 Å². The van der Waals surface area contributed by atoms with Crippen molar-refractivity contribution in [1.82, 2.24) is 78.4 Å². The van der Waals surface area contributed by atoms with Gasteiger partial charge >= 0.3 is 0 Å². The topological polar surface area (TPSA) is 51.8 Å². The molecule has 16 aliphatic heterocycles. The summed E-state index contributed by atoms with van der Waals surface area (Å²) < 4.78 is 0. The lowest BCUT2D eigenvalue weighted by molar-refractivity contribution is -0.505. The van der Waals surface area contributed by atoms with E-state index in [2.05, 4.69) is 189 Å². The highest BCUT2D eigenvalue weighted by atomic mass is 15.8. The molecule has 0 aliphatic carbocycles. The predicted molar refractivity (Wildman–Crippen MR) is 360 cm³/mol. The Hall–Kier alpha value is -0.640. The van der Waals surface area contributed by atoms with Crippen LogP contribution in [0.2, 0.25) is 0 Å². The van der Waals surface area contributed by atoms with Gasteiger partial charge in [0.2, 0.25) is 0 Å². The fourth-order valence-corrected chi connectivity index (χ4v) is 31.8. The van der Waals surface area contributed by atoms with Gasteiger partial charge in [0, 0.05) is 51.5 Å². The van der Waals surface area contributed by atoms with Crippen molar-refractivity contribution >= 4 is 0 Å². The summed E-state index contributed by atoms with van der Waals surface area (Å²) in [5.74, 6) is 0. The van der Waals surface area contributed by atoms with Gasteiger partial charge in [-0.25, -0.2) is 0 Å². The zero-order valence-corrected chi connectivity index (χ0v) is 60.4. The summed E-state index contributed by atoms with van der Waals surface area (Å²) in [6.45, 7) is 61.5. The molecule has 16 heterocycles. The zero-order valence-electron chi connectivity index (χ0n) is 60.4. The van der Waals surface area contributed by atoms with E-state index in [1.807, 2.05) is 0 Å². The number of hydrogen-bond acceptors (Lipinski definition) is 16. The van der Waals surface area contributed by atoms with Gasteiger partial charge in [-0.15, -0.1) is 0 Å². The minimum atomic E-state index is 0.0975. The second-order valence-corrected chi connectivity index (χ2v) is 32.9. The average Bonchev–Trinajstić information content (AvgIpc) is 1.60. The Morgan fingerprint density at radius 1 is 0.157 bits per heavy atom. The van der Waals surface area contributed by atoms with Crippen molar-refractivity contribution in [2.75, 3.05) is 118 Å². The van der Waals surface area contributed by atoms with Crippen LogP contribution >= 0.6 is 0 Å². The van der Waals surface area contributed by atoms with Gasteiger partial charge in [0.25, 0.3) is 0 Å². The molecule has 89 heavy (non-hydrogen) atoms. The molecule has 0 N–H and O–H groups in total. The Bertz CT molecular complexity index is 2760. The predicted octanol–water partition coefficient (Wildman–Crippen LogP) is 10.2. The molecule has 16 nitrogen and oxygen atoms in total. The van der Waals surface area contributed by atoms with Crippen LogP contribution in [0.15, 0.2) is 0 Å². The fraction of sp³-hybridized carbons (Fsp3) is 1.00. The van der Waals surface area contributed by atoms with Crippen molar-refractivity contribution in [3.05, 3.63) is 0 Å². The summed E-state index contributed by atoms with van der Waals surface area (Å²) in [5.41, 5.74) is 2.64. The highest BCUT2D eigenvalue weighted by molar-refractivity contribution is 5.40. The van der Waals surface area contributed by atoms with Crippen molar-refractivity contribution in [2.45, 2.75) is 350 Å². The molecule has 16 saturated heterocycles. The Labute approximate surface area is 543 Å². The first-order chi connectivity index (χ1) is 42.9. The molecular weight excluding hydrogens is 1100 g/mol. The number of nitrogens with zero attached hydrogens (tertiary/aromatic N) is 16. The molecule has 0 amide bonds. The van der Waals surface area contributed by atoms with Crippen molar-refractivity contribution in [1.29, 1.82) is 0 Å². The zero-order chi connectivity index (χ0) is 62.4. The first-order valence-electron chi connectivity index (χ1n) is 39.3. The number of likely N-dealkylation sites (tertiary alicyclic amines) is 16. The molecule has 15 unspecified atom stereocenters. The molecule has 0 saturated carbocycles.